The number of nitrogens with zero attached hydrogens (tertiary/aromatic N) is 3. The van der Waals surface area contributed by atoms with E-state index in [1.807, 2.05) is 44.2 Å². The van der Waals surface area contributed by atoms with Crippen molar-refractivity contribution in [1.29, 1.82) is 0 Å². The third-order valence-electron chi connectivity index (χ3n) is 7.54. The second-order valence-electron chi connectivity index (χ2n) is 11.2. The van der Waals surface area contributed by atoms with Crippen LogP contribution >= 0.6 is 22.7 Å². The van der Waals surface area contributed by atoms with Crippen LogP contribution < -0.4 is 21.3 Å². The quantitative estimate of drug-likeness (QED) is 0.350. The summed E-state index contributed by atoms with van der Waals surface area (Å²) in [4.78, 5) is 63.8. The minimum atomic E-state index is -0.494. The van der Waals surface area contributed by atoms with Crippen molar-refractivity contribution in [3.63, 3.8) is 0 Å². The van der Waals surface area contributed by atoms with Crippen LogP contribution in [0.3, 0.4) is 0 Å². The first kappa shape index (κ1) is 30.8. The number of carbonyl (C=O) groups excluding carboxylic acids is 4. The predicted octanol–water partition coefficient (Wildman–Crippen LogP) is 2.84. The summed E-state index contributed by atoms with van der Waals surface area (Å²) in [6.45, 7) is 5.23. The highest BCUT2D eigenvalue weighted by Crippen LogP contribution is 2.27. The SMILES string of the molecule is CC(C)[C@@H]1NC(=O)c2csc(n2)[C@H](Cc2ccccc2)NC(=O)CN(C(=O)[C@@H]2CCCN2)CCCNC(=O)c2csc1n2. The van der Waals surface area contributed by atoms with Crippen molar-refractivity contribution < 1.29 is 19.2 Å². The van der Waals surface area contributed by atoms with Gasteiger partial charge in [-0.05, 0) is 43.7 Å². The molecule has 2 aliphatic heterocycles. The van der Waals surface area contributed by atoms with Gasteiger partial charge in [-0.3, -0.25) is 19.2 Å². The molecule has 0 aliphatic carbocycles. The molecule has 4 bridgehead atoms. The summed E-state index contributed by atoms with van der Waals surface area (Å²) >= 11 is 2.63. The Morgan fingerprint density at radius 3 is 2.40 bits per heavy atom. The summed E-state index contributed by atoms with van der Waals surface area (Å²) in [6.07, 6.45) is 2.57. The van der Waals surface area contributed by atoms with Crippen LogP contribution in [0, 0.1) is 5.92 Å². The number of carbonyl (C=O) groups is 4. The van der Waals surface area contributed by atoms with E-state index in [-0.39, 0.29) is 53.5 Å². The van der Waals surface area contributed by atoms with Gasteiger partial charge in [0.25, 0.3) is 11.8 Å². The number of thiazole rings is 2. The zero-order valence-corrected chi connectivity index (χ0v) is 25.9. The molecule has 3 aromatic rings. The Morgan fingerprint density at radius 2 is 1.67 bits per heavy atom. The topological polar surface area (TPSA) is 145 Å². The van der Waals surface area contributed by atoms with Gasteiger partial charge >= 0.3 is 0 Å². The van der Waals surface area contributed by atoms with Gasteiger partial charge in [-0.15, -0.1) is 22.7 Å². The van der Waals surface area contributed by atoms with Crippen molar-refractivity contribution in [3.05, 3.63) is 68.1 Å². The number of nitrogens with one attached hydrogen (secondary N) is 4. The van der Waals surface area contributed by atoms with Crippen LogP contribution in [0.1, 0.15) is 81.7 Å². The lowest BCUT2D eigenvalue weighted by molar-refractivity contribution is -0.137. The maximum Gasteiger partial charge on any atom is 0.271 e. The molecule has 0 unspecified atom stereocenters. The molecule has 0 radical (unpaired) electrons. The molecular formula is C30H37N7O4S2. The van der Waals surface area contributed by atoms with Gasteiger partial charge in [-0.25, -0.2) is 9.97 Å². The zero-order valence-electron chi connectivity index (χ0n) is 24.3. The van der Waals surface area contributed by atoms with Gasteiger partial charge in [0.15, 0.2) is 0 Å². The fourth-order valence-corrected chi connectivity index (χ4v) is 7.09. The molecule has 0 spiro atoms. The van der Waals surface area contributed by atoms with Gasteiger partial charge in [0.05, 0.1) is 24.7 Å². The summed E-state index contributed by atoms with van der Waals surface area (Å²) in [5.41, 5.74) is 1.53. The lowest BCUT2D eigenvalue weighted by Gasteiger charge is -2.26. The van der Waals surface area contributed by atoms with Crippen LogP contribution in [0.15, 0.2) is 41.1 Å². The molecule has 2 aromatic heterocycles. The van der Waals surface area contributed by atoms with Crippen molar-refractivity contribution >= 4 is 46.3 Å². The Morgan fingerprint density at radius 1 is 0.953 bits per heavy atom. The van der Waals surface area contributed by atoms with Crippen LogP contribution in [-0.4, -0.2) is 70.7 Å². The minimum absolute atomic E-state index is 0.0150. The lowest BCUT2D eigenvalue weighted by atomic mass is 10.0. The molecule has 5 rings (SSSR count). The second-order valence-corrected chi connectivity index (χ2v) is 12.9. The average Bonchev–Trinajstić information content (AvgIpc) is 3.79. The highest BCUT2D eigenvalue weighted by molar-refractivity contribution is 7.10. The molecule has 228 valence electrons. The Bertz CT molecular complexity index is 1430. The molecule has 1 saturated heterocycles. The van der Waals surface area contributed by atoms with E-state index in [1.54, 1.807) is 15.7 Å². The van der Waals surface area contributed by atoms with Gasteiger partial charge in [0.2, 0.25) is 11.8 Å². The summed E-state index contributed by atoms with van der Waals surface area (Å²) in [7, 11) is 0. The Kier molecular flexibility index (Phi) is 10.2. The molecule has 1 aromatic carbocycles. The first-order valence-corrected chi connectivity index (χ1v) is 16.4. The summed E-state index contributed by atoms with van der Waals surface area (Å²) < 4.78 is 0. The van der Waals surface area contributed by atoms with E-state index in [1.165, 1.54) is 22.7 Å². The molecule has 13 heteroatoms. The molecule has 3 atom stereocenters. The maximum atomic E-state index is 13.5. The van der Waals surface area contributed by atoms with Crippen molar-refractivity contribution in [2.45, 2.75) is 57.7 Å². The van der Waals surface area contributed by atoms with E-state index in [0.29, 0.717) is 35.9 Å². The Balaban J connectivity index is 1.45. The number of hydrogen-bond acceptors (Lipinski definition) is 9. The van der Waals surface area contributed by atoms with E-state index < -0.39 is 12.1 Å². The summed E-state index contributed by atoms with van der Waals surface area (Å²) in [5.74, 6) is -1.10. The fourth-order valence-electron chi connectivity index (χ4n) is 5.22. The molecule has 2 aliphatic rings. The van der Waals surface area contributed by atoms with Crippen LogP contribution in [0.2, 0.25) is 0 Å². The molecule has 4 heterocycles. The zero-order chi connectivity index (χ0) is 30.3. The first-order chi connectivity index (χ1) is 20.8. The van der Waals surface area contributed by atoms with Gasteiger partial charge in [-0.2, -0.15) is 0 Å². The van der Waals surface area contributed by atoms with Gasteiger partial charge < -0.3 is 26.2 Å². The van der Waals surface area contributed by atoms with Crippen molar-refractivity contribution in [3.8, 4) is 0 Å². The lowest BCUT2D eigenvalue weighted by Crippen LogP contribution is -2.49. The molecular weight excluding hydrogens is 587 g/mol. The van der Waals surface area contributed by atoms with Crippen LogP contribution in [0.25, 0.3) is 0 Å². The second kappa shape index (κ2) is 14.2. The van der Waals surface area contributed by atoms with Gasteiger partial charge in [0.1, 0.15) is 21.4 Å². The molecule has 4 N–H and O–H groups in total. The molecule has 43 heavy (non-hydrogen) atoms. The van der Waals surface area contributed by atoms with Crippen molar-refractivity contribution in [2.24, 2.45) is 5.92 Å². The maximum absolute atomic E-state index is 13.5. The standard InChI is InChI=1S/C30H37N7O4S2/c1-18(2)25-29-35-22(16-43-29)26(39)32-12-7-13-37(30(41)20-10-6-11-31-20)15-24(38)33-21(14-19-8-4-3-5-9-19)28-34-23(17-42-28)27(40)36-25/h3-5,8-9,16-18,20-21,25,31H,6-7,10-15H2,1-2H3,(H,32,39)(H,33,38)(H,36,40)/t20-,21-,25-/m0/s1. The number of amides is 4. The molecule has 4 amide bonds. The van der Waals surface area contributed by atoms with Crippen molar-refractivity contribution in [2.75, 3.05) is 26.2 Å². The van der Waals surface area contributed by atoms with Crippen LogP contribution in [0.5, 0.6) is 0 Å². The third kappa shape index (κ3) is 7.84. The van der Waals surface area contributed by atoms with E-state index in [9.17, 15) is 19.2 Å². The fraction of sp³-hybridized carbons (Fsp3) is 0.467. The van der Waals surface area contributed by atoms with Gasteiger partial charge in [-0.1, -0.05) is 44.2 Å². The molecule has 11 nitrogen and oxygen atoms in total. The smallest absolute Gasteiger partial charge is 0.271 e. The van der Waals surface area contributed by atoms with Crippen LogP contribution in [-0.2, 0) is 16.0 Å². The number of hydrogen-bond donors (Lipinski definition) is 4. The summed E-state index contributed by atoms with van der Waals surface area (Å²) in [6, 6.07) is 8.53. The monoisotopic (exact) mass is 623 g/mol. The minimum Gasteiger partial charge on any atom is -0.351 e. The van der Waals surface area contributed by atoms with Crippen LogP contribution in [0.4, 0.5) is 0 Å². The average molecular weight is 624 g/mol. The Labute approximate surface area is 258 Å². The largest absolute Gasteiger partial charge is 0.351 e. The Hall–Kier alpha value is -3.68. The highest BCUT2D eigenvalue weighted by atomic mass is 32.1. The van der Waals surface area contributed by atoms with E-state index in [0.717, 1.165) is 24.9 Å². The number of benzene rings is 1. The van der Waals surface area contributed by atoms with Gasteiger partial charge in [0, 0.05) is 23.8 Å². The highest BCUT2D eigenvalue weighted by Gasteiger charge is 2.30. The molecule has 1 fully saturated rings. The number of aromatic nitrogens is 2. The molecule has 0 saturated carbocycles. The van der Waals surface area contributed by atoms with Crippen molar-refractivity contribution in [1.82, 2.24) is 36.1 Å². The van der Waals surface area contributed by atoms with E-state index in [2.05, 4.69) is 31.2 Å². The number of fused-ring (bicyclic) bond motifs is 4. The van der Waals surface area contributed by atoms with E-state index in [4.69, 9.17) is 0 Å². The predicted molar refractivity (Wildman–Crippen MR) is 165 cm³/mol. The third-order valence-corrected chi connectivity index (χ3v) is 9.43. The summed E-state index contributed by atoms with van der Waals surface area (Å²) in [5, 5.41) is 16.8. The van der Waals surface area contributed by atoms with E-state index >= 15 is 0 Å². The number of rotatable bonds is 4. The normalized spacial score (nSPS) is 22.3. The first-order valence-electron chi connectivity index (χ1n) is 14.6.